The van der Waals surface area contributed by atoms with Gasteiger partial charge >= 0.3 is 0 Å². The molecule has 4 heteroatoms. The van der Waals surface area contributed by atoms with Gasteiger partial charge in [0.25, 0.3) is 0 Å². The average Bonchev–Trinajstić information content (AvgIpc) is 2.97. The summed E-state index contributed by atoms with van der Waals surface area (Å²) in [5.41, 5.74) is 1.38. The third kappa shape index (κ3) is 2.87. The van der Waals surface area contributed by atoms with Crippen LogP contribution in [0.15, 0.2) is 12.5 Å². The Bertz CT molecular complexity index is 355. The molecule has 3 rings (SSSR count). The maximum Gasteiger partial charge on any atom is 0.0948 e. The van der Waals surface area contributed by atoms with Crippen LogP contribution >= 0.6 is 0 Å². The van der Waals surface area contributed by atoms with Gasteiger partial charge in [-0.1, -0.05) is 0 Å². The molecule has 94 valence electrons. The van der Waals surface area contributed by atoms with Crippen molar-refractivity contribution in [3.63, 3.8) is 0 Å². The van der Waals surface area contributed by atoms with Crippen LogP contribution in [0, 0.1) is 5.92 Å². The lowest BCUT2D eigenvalue weighted by atomic mass is 10.00. The number of imidazole rings is 1. The summed E-state index contributed by atoms with van der Waals surface area (Å²) in [5, 5.41) is 3.31. The molecule has 17 heavy (non-hydrogen) atoms. The normalized spacial score (nSPS) is 20.5. The van der Waals surface area contributed by atoms with Crippen LogP contribution in [0.1, 0.15) is 30.9 Å². The molecule has 0 aromatic carbocycles. The van der Waals surface area contributed by atoms with Crippen molar-refractivity contribution in [2.45, 2.75) is 31.7 Å². The lowest BCUT2D eigenvalue weighted by Crippen LogP contribution is -2.40. The van der Waals surface area contributed by atoms with Gasteiger partial charge in [0.15, 0.2) is 0 Å². The Morgan fingerprint density at radius 3 is 3.00 bits per heavy atom. The van der Waals surface area contributed by atoms with E-state index in [1.54, 1.807) is 0 Å². The number of nitrogens with one attached hydrogen (secondary N) is 1. The molecule has 0 unspecified atom stereocenters. The number of ether oxygens (including phenoxy) is 1. The minimum atomic E-state index is 0.671. The molecule has 1 aromatic heterocycles. The van der Waals surface area contributed by atoms with Crippen molar-refractivity contribution >= 4 is 0 Å². The third-order valence-corrected chi connectivity index (χ3v) is 3.68. The van der Waals surface area contributed by atoms with Crippen LogP contribution in [0.25, 0.3) is 0 Å². The zero-order chi connectivity index (χ0) is 11.5. The highest BCUT2D eigenvalue weighted by Crippen LogP contribution is 2.28. The summed E-state index contributed by atoms with van der Waals surface area (Å²) in [4.78, 5) is 4.26. The summed E-state index contributed by atoms with van der Waals surface area (Å²) in [5.74, 6) is 1.55. The van der Waals surface area contributed by atoms with Crippen molar-refractivity contribution in [2.75, 3.05) is 26.3 Å². The summed E-state index contributed by atoms with van der Waals surface area (Å²) in [6.07, 6.45) is 7.81. The number of nitrogens with zero attached hydrogens (tertiary/aromatic N) is 2. The van der Waals surface area contributed by atoms with E-state index < -0.39 is 0 Å². The average molecular weight is 235 g/mol. The van der Waals surface area contributed by atoms with Gasteiger partial charge in [-0.05, 0) is 25.2 Å². The largest absolute Gasteiger partial charge is 0.381 e. The van der Waals surface area contributed by atoms with Gasteiger partial charge in [-0.15, -0.1) is 0 Å². The van der Waals surface area contributed by atoms with E-state index in [2.05, 4.69) is 14.9 Å². The van der Waals surface area contributed by atoms with Crippen LogP contribution in [-0.4, -0.2) is 35.9 Å². The summed E-state index contributed by atoms with van der Waals surface area (Å²) < 4.78 is 7.93. The van der Waals surface area contributed by atoms with Crippen LogP contribution in [-0.2, 0) is 11.3 Å². The molecule has 1 N–H and O–H groups in total. The van der Waals surface area contributed by atoms with Crippen molar-refractivity contribution in [3.8, 4) is 0 Å². The van der Waals surface area contributed by atoms with Crippen LogP contribution in [0.5, 0.6) is 0 Å². The van der Waals surface area contributed by atoms with Crippen molar-refractivity contribution in [2.24, 2.45) is 5.92 Å². The Kier molecular flexibility index (Phi) is 3.43. The van der Waals surface area contributed by atoms with Crippen molar-refractivity contribution in [3.05, 3.63) is 18.2 Å². The van der Waals surface area contributed by atoms with Gasteiger partial charge in [0.1, 0.15) is 0 Å². The SMILES string of the molecule is c1ncn(CCCOCC2CC2)c1C1CNC1. The molecule has 0 amide bonds. The lowest BCUT2D eigenvalue weighted by molar-refractivity contribution is 0.119. The summed E-state index contributed by atoms with van der Waals surface area (Å²) >= 11 is 0. The molecule has 2 aliphatic rings. The summed E-state index contributed by atoms with van der Waals surface area (Å²) in [7, 11) is 0. The molecular formula is C13H21N3O. The Hall–Kier alpha value is -0.870. The highest BCUT2D eigenvalue weighted by Gasteiger charge is 2.22. The molecule has 0 spiro atoms. The Morgan fingerprint density at radius 1 is 1.41 bits per heavy atom. The fourth-order valence-electron chi connectivity index (χ4n) is 2.23. The first-order valence-corrected chi connectivity index (χ1v) is 6.72. The van der Waals surface area contributed by atoms with E-state index in [1.807, 2.05) is 12.5 Å². The van der Waals surface area contributed by atoms with Gasteiger partial charge in [0.05, 0.1) is 6.33 Å². The van der Waals surface area contributed by atoms with Gasteiger partial charge in [-0.2, -0.15) is 0 Å². The standard InChI is InChI=1S/C13H21N3O/c1(5-17-9-11-2-3-11)4-16-10-15-8-13(16)12-6-14-7-12/h8,10-12,14H,1-7,9H2. The number of hydrogen-bond donors (Lipinski definition) is 1. The highest BCUT2D eigenvalue weighted by atomic mass is 16.5. The molecule has 2 fully saturated rings. The fraction of sp³-hybridized carbons (Fsp3) is 0.769. The zero-order valence-electron chi connectivity index (χ0n) is 10.3. The van der Waals surface area contributed by atoms with Crippen LogP contribution < -0.4 is 5.32 Å². The predicted molar refractivity (Wildman–Crippen MR) is 66.0 cm³/mol. The Morgan fingerprint density at radius 2 is 2.29 bits per heavy atom. The predicted octanol–water partition coefficient (Wildman–Crippen LogP) is 1.39. The van der Waals surface area contributed by atoms with Gasteiger partial charge < -0.3 is 14.6 Å². The van der Waals surface area contributed by atoms with Crippen molar-refractivity contribution in [1.29, 1.82) is 0 Å². The second-order valence-corrected chi connectivity index (χ2v) is 5.24. The van der Waals surface area contributed by atoms with E-state index >= 15 is 0 Å². The Labute approximate surface area is 102 Å². The molecular weight excluding hydrogens is 214 g/mol. The molecule has 1 aliphatic carbocycles. The number of aromatic nitrogens is 2. The number of hydrogen-bond acceptors (Lipinski definition) is 3. The second kappa shape index (κ2) is 5.19. The second-order valence-electron chi connectivity index (χ2n) is 5.24. The molecule has 1 aliphatic heterocycles. The smallest absolute Gasteiger partial charge is 0.0948 e. The lowest BCUT2D eigenvalue weighted by Gasteiger charge is -2.27. The first-order valence-electron chi connectivity index (χ1n) is 6.72. The first kappa shape index (κ1) is 11.2. The van der Waals surface area contributed by atoms with Crippen LogP contribution in [0.3, 0.4) is 0 Å². The van der Waals surface area contributed by atoms with Gasteiger partial charge in [-0.25, -0.2) is 4.98 Å². The molecule has 0 radical (unpaired) electrons. The third-order valence-electron chi connectivity index (χ3n) is 3.68. The van der Waals surface area contributed by atoms with Crippen LogP contribution in [0.2, 0.25) is 0 Å². The van der Waals surface area contributed by atoms with E-state index in [0.717, 1.165) is 45.2 Å². The topological polar surface area (TPSA) is 39.1 Å². The van der Waals surface area contributed by atoms with Gasteiger partial charge in [0.2, 0.25) is 0 Å². The van der Waals surface area contributed by atoms with Crippen molar-refractivity contribution in [1.82, 2.24) is 14.9 Å². The fourth-order valence-corrected chi connectivity index (χ4v) is 2.23. The molecule has 0 bridgehead atoms. The summed E-state index contributed by atoms with van der Waals surface area (Å²) in [6.45, 7) is 5.10. The van der Waals surface area contributed by atoms with Crippen molar-refractivity contribution < 1.29 is 4.74 Å². The molecule has 1 aromatic rings. The van der Waals surface area contributed by atoms with Gasteiger partial charge in [-0.3, -0.25) is 0 Å². The molecule has 4 nitrogen and oxygen atoms in total. The minimum absolute atomic E-state index is 0.671. The monoisotopic (exact) mass is 235 g/mol. The van der Waals surface area contributed by atoms with E-state index in [-0.39, 0.29) is 0 Å². The quantitative estimate of drug-likeness (QED) is 0.726. The Balaban J connectivity index is 1.39. The maximum absolute atomic E-state index is 5.65. The zero-order valence-corrected chi connectivity index (χ0v) is 10.3. The molecule has 1 saturated heterocycles. The van der Waals surface area contributed by atoms with Gasteiger partial charge in [0, 0.05) is 50.7 Å². The van der Waals surface area contributed by atoms with E-state index in [0.29, 0.717) is 5.92 Å². The highest BCUT2D eigenvalue weighted by molar-refractivity contribution is 5.11. The molecule has 1 saturated carbocycles. The maximum atomic E-state index is 5.65. The minimum Gasteiger partial charge on any atom is -0.381 e. The van der Waals surface area contributed by atoms with E-state index in [1.165, 1.54) is 18.5 Å². The number of rotatable bonds is 7. The van der Waals surface area contributed by atoms with Crippen LogP contribution in [0.4, 0.5) is 0 Å². The molecule has 2 heterocycles. The molecule has 0 atom stereocenters. The summed E-state index contributed by atoms with van der Waals surface area (Å²) in [6, 6.07) is 0. The first-order chi connectivity index (χ1) is 8.43. The van der Waals surface area contributed by atoms with E-state index in [9.17, 15) is 0 Å². The van der Waals surface area contributed by atoms with E-state index in [4.69, 9.17) is 4.74 Å². The number of aryl methyl sites for hydroxylation is 1.